The summed E-state index contributed by atoms with van der Waals surface area (Å²) in [6.07, 6.45) is 3.30. The third-order valence-electron chi connectivity index (χ3n) is 1.72. The molecule has 0 aromatic rings. The van der Waals surface area contributed by atoms with Gasteiger partial charge in [0, 0.05) is 18.8 Å². The number of nitrogens with zero attached hydrogens (tertiary/aromatic N) is 1. The van der Waals surface area contributed by atoms with E-state index in [0.29, 0.717) is 0 Å². The van der Waals surface area contributed by atoms with Crippen molar-refractivity contribution in [2.24, 2.45) is 5.73 Å². The standard InChI is InChI=1S/C8H14N4/c1-7(2-3-8(9)10)12-5-4-11-6-12/h2-3,11H,1,4-6H2,(H3,9,10)/b3-2-. The van der Waals surface area contributed by atoms with E-state index in [-0.39, 0.29) is 5.84 Å². The van der Waals surface area contributed by atoms with Crippen molar-refractivity contribution < 1.29 is 0 Å². The third kappa shape index (κ3) is 2.39. The Balaban J connectivity index is 2.42. The second-order valence-electron chi connectivity index (χ2n) is 2.70. The Hall–Kier alpha value is -1.29. The van der Waals surface area contributed by atoms with Crippen molar-refractivity contribution in [3.05, 3.63) is 24.4 Å². The van der Waals surface area contributed by atoms with Gasteiger partial charge in [0.15, 0.2) is 0 Å². The van der Waals surface area contributed by atoms with E-state index in [0.717, 1.165) is 25.5 Å². The van der Waals surface area contributed by atoms with Crippen LogP contribution in [-0.4, -0.2) is 30.5 Å². The van der Waals surface area contributed by atoms with E-state index in [2.05, 4.69) is 16.8 Å². The van der Waals surface area contributed by atoms with E-state index in [1.165, 1.54) is 0 Å². The van der Waals surface area contributed by atoms with Gasteiger partial charge in [0.25, 0.3) is 0 Å². The molecule has 0 saturated carbocycles. The summed E-state index contributed by atoms with van der Waals surface area (Å²) < 4.78 is 0. The van der Waals surface area contributed by atoms with E-state index in [1.54, 1.807) is 12.2 Å². The first-order chi connectivity index (χ1) is 5.70. The zero-order valence-electron chi connectivity index (χ0n) is 7.01. The smallest absolute Gasteiger partial charge is 0.115 e. The lowest BCUT2D eigenvalue weighted by Crippen LogP contribution is -2.20. The summed E-state index contributed by atoms with van der Waals surface area (Å²) in [4.78, 5) is 2.10. The van der Waals surface area contributed by atoms with Crippen LogP contribution < -0.4 is 11.1 Å². The second-order valence-corrected chi connectivity index (χ2v) is 2.70. The first kappa shape index (κ1) is 8.80. The zero-order chi connectivity index (χ0) is 8.97. The Kier molecular flexibility index (Phi) is 2.88. The molecular formula is C8H14N4. The molecule has 1 fully saturated rings. The van der Waals surface area contributed by atoms with E-state index in [9.17, 15) is 0 Å². The average Bonchev–Trinajstić information content (AvgIpc) is 2.51. The van der Waals surface area contributed by atoms with E-state index in [1.807, 2.05) is 0 Å². The first-order valence-corrected chi connectivity index (χ1v) is 3.87. The summed E-state index contributed by atoms with van der Waals surface area (Å²) in [7, 11) is 0. The van der Waals surface area contributed by atoms with E-state index < -0.39 is 0 Å². The van der Waals surface area contributed by atoms with Gasteiger partial charge in [-0.15, -0.1) is 0 Å². The van der Waals surface area contributed by atoms with Crippen molar-refractivity contribution >= 4 is 5.84 Å². The highest BCUT2D eigenvalue weighted by molar-refractivity contribution is 5.88. The number of hydrogen-bond donors (Lipinski definition) is 3. The van der Waals surface area contributed by atoms with Crippen LogP contribution in [0.2, 0.25) is 0 Å². The molecule has 4 heteroatoms. The molecule has 0 radical (unpaired) electrons. The summed E-state index contributed by atoms with van der Waals surface area (Å²) in [5, 5.41) is 10.2. The van der Waals surface area contributed by atoms with Crippen LogP contribution in [0.4, 0.5) is 0 Å². The molecule has 12 heavy (non-hydrogen) atoms. The minimum absolute atomic E-state index is 0.0586. The lowest BCUT2D eigenvalue weighted by Gasteiger charge is -2.15. The summed E-state index contributed by atoms with van der Waals surface area (Å²) in [5.41, 5.74) is 6.06. The highest BCUT2D eigenvalue weighted by Gasteiger charge is 2.09. The normalized spacial score (nSPS) is 17.2. The molecule has 0 atom stereocenters. The van der Waals surface area contributed by atoms with Gasteiger partial charge in [-0.05, 0) is 12.2 Å². The van der Waals surface area contributed by atoms with Crippen LogP contribution in [0.25, 0.3) is 0 Å². The van der Waals surface area contributed by atoms with Gasteiger partial charge in [-0.3, -0.25) is 10.7 Å². The van der Waals surface area contributed by atoms with Crippen LogP contribution in [0.5, 0.6) is 0 Å². The molecule has 0 aromatic heterocycles. The van der Waals surface area contributed by atoms with Gasteiger partial charge in [-0.1, -0.05) is 6.58 Å². The fourth-order valence-corrected chi connectivity index (χ4v) is 1.04. The van der Waals surface area contributed by atoms with Crippen LogP contribution in [0.1, 0.15) is 0 Å². The molecule has 4 N–H and O–H groups in total. The summed E-state index contributed by atoms with van der Waals surface area (Å²) in [6.45, 7) is 6.66. The number of rotatable bonds is 3. The minimum Gasteiger partial charge on any atom is -0.384 e. The predicted molar refractivity (Wildman–Crippen MR) is 49.8 cm³/mol. The maximum absolute atomic E-state index is 6.97. The monoisotopic (exact) mass is 166 g/mol. The zero-order valence-corrected chi connectivity index (χ0v) is 7.01. The molecule has 1 heterocycles. The van der Waals surface area contributed by atoms with Gasteiger partial charge < -0.3 is 10.6 Å². The van der Waals surface area contributed by atoms with Crippen LogP contribution >= 0.6 is 0 Å². The quantitative estimate of drug-likeness (QED) is 0.310. The number of nitrogens with two attached hydrogens (primary N) is 1. The molecule has 1 aliphatic heterocycles. The van der Waals surface area contributed by atoms with Crippen molar-refractivity contribution in [3.8, 4) is 0 Å². The molecule has 0 unspecified atom stereocenters. The lowest BCUT2D eigenvalue weighted by molar-refractivity contribution is 0.436. The molecule has 0 aromatic carbocycles. The topological polar surface area (TPSA) is 65.1 Å². The molecule has 1 aliphatic rings. The van der Waals surface area contributed by atoms with Gasteiger partial charge in [0.05, 0.1) is 6.67 Å². The Morgan fingerprint density at radius 1 is 1.58 bits per heavy atom. The SMILES string of the molecule is C=C(/C=C\C(=N)N)N1CCNC1. The third-order valence-corrected chi connectivity index (χ3v) is 1.72. The van der Waals surface area contributed by atoms with Gasteiger partial charge >= 0.3 is 0 Å². The fraction of sp³-hybridized carbons (Fsp3) is 0.375. The predicted octanol–water partition coefficient (Wildman–Crippen LogP) is -0.145. The molecule has 1 rings (SSSR count). The molecule has 0 bridgehead atoms. The van der Waals surface area contributed by atoms with Gasteiger partial charge in [-0.2, -0.15) is 0 Å². The number of hydrogen-bond acceptors (Lipinski definition) is 3. The largest absolute Gasteiger partial charge is 0.384 e. The van der Waals surface area contributed by atoms with Crippen molar-refractivity contribution in [1.82, 2.24) is 10.2 Å². The molecular weight excluding hydrogens is 152 g/mol. The maximum atomic E-state index is 6.97. The van der Waals surface area contributed by atoms with Crippen molar-refractivity contribution in [1.29, 1.82) is 5.41 Å². The number of amidine groups is 1. The van der Waals surface area contributed by atoms with Crippen LogP contribution in [-0.2, 0) is 0 Å². The van der Waals surface area contributed by atoms with E-state index >= 15 is 0 Å². The number of nitrogens with one attached hydrogen (secondary N) is 2. The maximum Gasteiger partial charge on any atom is 0.115 e. The summed E-state index contributed by atoms with van der Waals surface area (Å²) in [5.74, 6) is 0.0586. The Bertz CT molecular complexity index is 213. The molecule has 0 spiro atoms. The van der Waals surface area contributed by atoms with Crippen molar-refractivity contribution in [2.75, 3.05) is 19.8 Å². The highest BCUT2D eigenvalue weighted by atomic mass is 15.3. The average molecular weight is 166 g/mol. The molecule has 1 saturated heterocycles. The fourth-order valence-electron chi connectivity index (χ4n) is 1.04. The van der Waals surface area contributed by atoms with Gasteiger partial charge in [0.2, 0.25) is 0 Å². The Morgan fingerprint density at radius 3 is 2.83 bits per heavy atom. The summed E-state index contributed by atoms with van der Waals surface area (Å²) >= 11 is 0. The van der Waals surface area contributed by atoms with Crippen LogP contribution in [0.3, 0.4) is 0 Å². The Labute approximate surface area is 72.2 Å². The molecule has 0 aliphatic carbocycles. The van der Waals surface area contributed by atoms with Crippen LogP contribution in [0.15, 0.2) is 24.4 Å². The summed E-state index contributed by atoms with van der Waals surface area (Å²) in [6, 6.07) is 0. The van der Waals surface area contributed by atoms with E-state index in [4.69, 9.17) is 11.1 Å². The molecule has 0 amide bonds. The minimum atomic E-state index is 0.0586. The van der Waals surface area contributed by atoms with Gasteiger partial charge in [-0.25, -0.2) is 0 Å². The highest BCUT2D eigenvalue weighted by Crippen LogP contribution is 2.04. The molecule has 66 valence electrons. The lowest BCUT2D eigenvalue weighted by atomic mass is 10.3. The van der Waals surface area contributed by atoms with Gasteiger partial charge in [0.1, 0.15) is 5.84 Å². The first-order valence-electron chi connectivity index (χ1n) is 3.87. The number of allylic oxidation sites excluding steroid dienone is 1. The second kappa shape index (κ2) is 3.92. The molecule has 4 nitrogen and oxygen atoms in total. The van der Waals surface area contributed by atoms with Crippen LogP contribution in [0, 0.1) is 5.41 Å². The Morgan fingerprint density at radius 2 is 2.33 bits per heavy atom. The van der Waals surface area contributed by atoms with Crippen molar-refractivity contribution in [3.63, 3.8) is 0 Å². The van der Waals surface area contributed by atoms with Crippen molar-refractivity contribution in [2.45, 2.75) is 0 Å².